The summed E-state index contributed by atoms with van der Waals surface area (Å²) in [6.45, 7) is 5.42. The number of hydrogen-bond donors (Lipinski definition) is 1. The SMILES string of the molecule is CC1(C)CN(c2ccc3c(c2)OCO3)C(=O)CN1. The molecule has 1 aromatic rings. The molecule has 5 nitrogen and oxygen atoms in total. The van der Waals surface area contributed by atoms with Gasteiger partial charge in [-0.05, 0) is 26.0 Å². The van der Waals surface area contributed by atoms with Crippen LogP contribution in [0.3, 0.4) is 0 Å². The Morgan fingerprint density at radius 3 is 2.89 bits per heavy atom. The molecule has 0 atom stereocenters. The van der Waals surface area contributed by atoms with Gasteiger partial charge in [-0.1, -0.05) is 0 Å². The third-order valence-corrected chi connectivity index (χ3v) is 3.24. The molecule has 1 saturated heterocycles. The standard InChI is InChI=1S/C13H16N2O3/c1-13(2)7-15(12(16)6-14-13)9-3-4-10-11(5-9)18-8-17-10/h3-5,14H,6-8H2,1-2H3. The van der Waals surface area contributed by atoms with Crippen LogP contribution in [0.15, 0.2) is 18.2 Å². The summed E-state index contributed by atoms with van der Waals surface area (Å²) in [5, 5.41) is 3.21. The van der Waals surface area contributed by atoms with Crippen molar-refractivity contribution in [1.82, 2.24) is 5.32 Å². The number of piperazine rings is 1. The minimum absolute atomic E-state index is 0.0770. The molecule has 1 amide bonds. The number of nitrogens with zero attached hydrogens (tertiary/aromatic N) is 1. The molecule has 1 fully saturated rings. The first-order valence-corrected chi connectivity index (χ1v) is 6.00. The fourth-order valence-corrected chi connectivity index (χ4v) is 2.24. The first-order valence-electron chi connectivity index (χ1n) is 6.00. The zero-order chi connectivity index (χ0) is 12.8. The topological polar surface area (TPSA) is 50.8 Å². The summed E-state index contributed by atoms with van der Waals surface area (Å²) in [5.74, 6) is 1.52. The van der Waals surface area contributed by atoms with Crippen LogP contribution in [0.25, 0.3) is 0 Å². The van der Waals surface area contributed by atoms with E-state index < -0.39 is 0 Å². The van der Waals surface area contributed by atoms with Crippen molar-refractivity contribution < 1.29 is 14.3 Å². The Morgan fingerprint density at radius 1 is 1.28 bits per heavy atom. The molecule has 1 N–H and O–H groups in total. The predicted octanol–water partition coefficient (Wildman–Crippen LogP) is 1.13. The lowest BCUT2D eigenvalue weighted by molar-refractivity contribution is -0.119. The van der Waals surface area contributed by atoms with Crippen molar-refractivity contribution in [2.45, 2.75) is 19.4 Å². The van der Waals surface area contributed by atoms with Crippen LogP contribution < -0.4 is 19.7 Å². The van der Waals surface area contributed by atoms with Crippen molar-refractivity contribution in [1.29, 1.82) is 0 Å². The molecule has 0 unspecified atom stereocenters. The van der Waals surface area contributed by atoms with Gasteiger partial charge in [-0.15, -0.1) is 0 Å². The van der Waals surface area contributed by atoms with Crippen LogP contribution in [0.5, 0.6) is 11.5 Å². The fraction of sp³-hybridized carbons (Fsp3) is 0.462. The van der Waals surface area contributed by atoms with Gasteiger partial charge in [-0.3, -0.25) is 4.79 Å². The molecule has 96 valence electrons. The molecule has 2 aliphatic rings. The predicted molar refractivity (Wildman–Crippen MR) is 67.0 cm³/mol. The molecule has 0 spiro atoms. The molecule has 2 aliphatic heterocycles. The van der Waals surface area contributed by atoms with Crippen molar-refractivity contribution >= 4 is 11.6 Å². The molecule has 1 aromatic carbocycles. The van der Waals surface area contributed by atoms with E-state index in [4.69, 9.17) is 9.47 Å². The summed E-state index contributed by atoms with van der Waals surface area (Å²) in [5.41, 5.74) is 0.781. The number of benzene rings is 1. The van der Waals surface area contributed by atoms with E-state index in [1.165, 1.54) is 0 Å². The Balaban J connectivity index is 1.91. The highest BCUT2D eigenvalue weighted by molar-refractivity contribution is 5.96. The molecule has 0 radical (unpaired) electrons. The summed E-state index contributed by atoms with van der Waals surface area (Å²) in [4.78, 5) is 13.8. The third-order valence-electron chi connectivity index (χ3n) is 3.24. The van der Waals surface area contributed by atoms with E-state index in [-0.39, 0.29) is 18.2 Å². The average Bonchev–Trinajstić information content (AvgIpc) is 2.79. The second kappa shape index (κ2) is 3.88. The molecule has 0 saturated carbocycles. The van der Waals surface area contributed by atoms with Crippen LogP contribution in [0, 0.1) is 0 Å². The van der Waals surface area contributed by atoms with Crippen LogP contribution in [0.2, 0.25) is 0 Å². The molecule has 3 rings (SSSR count). The highest BCUT2D eigenvalue weighted by atomic mass is 16.7. The van der Waals surface area contributed by atoms with Crippen molar-refractivity contribution in [3.8, 4) is 11.5 Å². The minimum atomic E-state index is -0.0791. The maximum Gasteiger partial charge on any atom is 0.241 e. The van der Waals surface area contributed by atoms with Crippen LogP contribution in [0.4, 0.5) is 5.69 Å². The van der Waals surface area contributed by atoms with E-state index in [1.54, 1.807) is 4.90 Å². The Hall–Kier alpha value is -1.75. The Morgan fingerprint density at radius 2 is 2.06 bits per heavy atom. The van der Waals surface area contributed by atoms with Crippen molar-refractivity contribution in [2.75, 3.05) is 24.8 Å². The number of rotatable bonds is 1. The zero-order valence-corrected chi connectivity index (χ0v) is 10.5. The normalized spacial score (nSPS) is 21.2. The van der Waals surface area contributed by atoms with E-state index in [0.29, 0.717) is 18.8 Å². The Labute approximate surface area is 106 Å². The van der Waals surface area contributed by atoms with Crippen LogP contribution in [-0.4, -0.2) is 31.3 Å². The van der Waals surface area contributed by atoms with Gasteiger partial charge in [-0.25, -0.2) is 0 Å². The lowest BCUT2D eigenvalue weighted by Crippen LogP contribution is -2.59. The largest absolute Gasteiger partial charge is 0.454 e. The lowest BCUT2D eigenvalue weighted by Gasteiger charge is -2.38. The van der Waals surface area contributed by atoms with Gasteiger partial charge < -0.3 is 19.7 Å². The van der Waals surface area contributed by atoms with E-state index >= 15 is 0 Å². The van der Waals surface area contributed by atoms with Gasteiger partial charge >= 0.3 is 0 Å². The summed E-state index contributed by atoms with van der Waals surface area (Å²) in [6.07, 6.45) is 0. The maximum atomic E-state index is 12.0. The van der Waals surface area contributed by atoms with E-state index in [1.807, 2.05) is 18.2 Å². The first kappa shape index (κ1) is 11.3. The number of fused-ring (bicyclic) bond motifs is 1. The Kier molecular flexibility index (Phi) is 2.45. The quantitative estimate of drug-likeness (QED) is 0.809. The van der Waals surface area contributed by atoms with Gasteiger partial charge in [0.25, 0.3) is 0 Å². The average molecular weight is 248 g/mol. The van der Waals surface area contributed by atoms with Gasteiger partial charge in [-0.2, -0.15) is 0 Å². The summed E-state index contributed by atoms with van der Waals surface area (Å²) in [6, 6.07) is 5.61. The van der Waals surface area contributed by atoms with Gasteiger partial charge in [0.2, 0.25) is 12.7 Å². The number of hydrogen-bond acceptors (Lipinski definition) is 4. The molecular weight excluding hydrogens is 232 g/mol. The minimum Gasteiger partial charge on any atom is -0.454 e. The van der Waals surface area contributed by atoms with Crippen LogP contribution in [-0.2, 0) is 4.79 Å². The van der Waals surface area contributed by atoms with Gasteiger partial charge in [0.1, 0.15) is 0 Å². The zero-order valence-electron chi connectivity index (χ0n) is 10.5. The fourth-order valence-electron chi connectivity index (χ4n) is 2.24. The molecule has 0 aliphatic carbocycles. The van der Waals surface area contributed by atoms with Gasteiger partial charge in [0.05, 0.1) is 6.54 Å². The molecule has 0 bridgehead atoms. The number of carbonyl (C=O) groups excluding carboxylic acids is 1. The molecular formula is C13H16N2O3. The van der Waals surface area contributed by atoms with Crippen molar-refractivity contribution in [2.24, 2.45) is 0 Å². The summed E-state index contributed by atoms with van der Waals surface area (Å²) in [7, 11) is 0. The number of nitrogens with one attached hydrogen (secondary N) is 1. The second-order valence-corrected chi connectivity index (χ2v) is 5.25. The molecule has 18 heavy (non-hydrogen) atoms. The summed E-state index contributed by atoms with van der Waals surface area (Å²) < 4.78 is 10.6. The number of amides is 1. The second-order valence-electron chi connectivity index (χ2n) is 5.25. The number of carbonyl (C=O) groups is 1. The smallest absolute Gasteiger partial charge is 0.241 e. The molecule has 5 heteroatoms. The maximum absolute atomic E-state index is 12.0. The third kappa shape index (κ3) is 1.90. The highest BCUT2D eigenvalue weighted by Gasteiger charge is 2.32. The van der Waals surface area contributed by atoms with Crippen LogP contribution >= 0.6 is 0 Å². The molecule has 0 aromatic heterocycles. The van der Waals surface area contributed by atoms with Crippen molar-refractivity contribution in [3.63, 3.8) is 0 Å². The Bertz CT molecular complexity index is 499. The first-order chi connectivity index (χ1) is 8.55. The monoisotopic (exact) mass is 248 g/mol. The molecule has 2 heterocycles. The summed E-state index contributed by atoms with van der Waals surface area (Å²) >= 11 is 0. The highest BCUT2D eigenvalue weighted by Crippen LogP contribution is 2.36. The number of anilines is 1. The van der Waals surface area contributed by atoms with E-state index in [9.17, 15) is 4.79 Å². The van der Waals surface area contributed by atoms with Crippen LogP contribution in [0.1, 0.15) is 13.8 Å². The number of ether oxygens (including phenoxy) is 2. The van der Waals surface area contributed by atoms with Gasteiger partial charge in [0, 0.05) is 23.8 Å². The lowest BCUT2D eigenvalue weighted by atomic mass is 10.0. The van der Waals surface area contributed by atoms with E-state index in [2.05, 4.69) is 19.2 Å². The van der Waals surface area contributed by atoms with E-state index in [0.717, 1.165) is 11.4 Å². The van der Waals surface area contributed by atoms with Crippen molar-refractivity contribution in [3.05, 3.63) is 18.2 Å². The van der Waals surface area contributed by atoms with Gasteiger partial charge in [0.15, 0.2) is 11.5 Å².